The van der Waals surface area contributed by atoms with Gasteiger partial charge in [0.05, 0.1) is 27.8 Å². The van der Waals surface area contributed by atoms with Gasteiger partial charge in [0.2, 0.25) is 0 Å². The van der Waals surface area contributed by atoms with Crippen LogP contribution in [0.1, 0.15) is 26.3 Å². The van der Waals surface area contributed by atoms with Crippen LogP contribution >= 0.6 is 23.2 Å². The fourth-order valence-corrected chi connectivity index (χ4v) is 4.00. The van der Waals surface area contributed by atoms with Gasteiger partial charge < -0.3 is 15.2 Å². The Balaban J connectivity index is 2.21. The number of aromatic carboxylic acids is 1. The van der Waals surface area contributed by atoms with Crippen molar-refractivity contribution in [3.05, 3.63) is 69.2 Å². The number of nitrogens with one attached hydrogen (secondary N) is 1. The molecule has 1 amide bonds. The molecule has 2 aromatic carbocycles. The SMILES string of the molecule is C[Si](C)(C)CCOC(=O)[C@H](Cc1ccc(C(=O)O)cc1)NC(=O)c1c(Cl)cccc1Cl. The average molecular weight is 482 g/mol. The largest absolute Gasteiger partial charge is 0.478 e. The highest BCUT2D eigenvalue weighted by molar-refractivity contribution is 6.76. The molecule has 0 fully saturated rings. The molecule has 0 saturated carbocycles. The van der Waals surface area contributed by atoms with Crippen molar-refractivity contribution in [2.24, 2.45) is 0 Å². The van der Waals surface area contributed by atoms with Crippen LogP contribution in [0, 0.1) is 0 Å². The number of ether oxygens (including phenoxy) is 1. The number of esters is 1. The molecule has 0 spiro atoms. The summed E-state index contributed by atoms with van der Waals surface area (Å²) in [5, 5.41) is 12.1. The van der Waals surface area contributed by atoms with E-state index >= 15 is 0 Å². The molecule has 2 N–H and O–H groups in total. The van der Waals surface area contributed by atoms with Crippen LogP contribution in [0.3, 0.4) is 0 Å². The van der Waals surface area contributed by atoms with E-state index in [1.165, 1.54) is 24.3 Å². The average Bonchev–Trinajstić information content (AvgIpc) is 2.66. The summed E-state index contributed by atoms with van der Waals surface area (Å²) in [5.41, 5.74) is 0.875. The molecule has 6 nitrogen and oxygen atoms in total. The van der Waals surface area contributed by atoms with E-state index in [-0.39, 0.29) is 34.2 Å². The number of carboxylic acid groups (broad SMARTS) is 1. The summed E-state index contributed by atoms with van der Waals surface area (Å²) in [4.78, 5) is 36.6. The number of carbonyl (C=O) groups is 3. The normalized spacial score (nSPS) is 12.2. The Labute approximate surface area is 192 Å². The van der Waals surface area contributed by atoms with Crippen molar-refractivity contribution in [1.82, 2.24) is 5.32 Å². The quantitative estimate of drug-likeness (QED) is 0.391. The molecule has 0 aliphatic rings. The van der Waals surface area contributed by atoms with E-state index in [1.54, 1.807) is 18.2 Å². The van der Waals surface area contributed by atoms with Crippen LogP contribution in [0.25, 0.3) is 0 Å². The molecule has 0 saturated heterocycles. The molecule has 9 heteroatoms. The van der Waals surface area contributed by atoms with E-state index in [0.29, 0.717) is 5.56 Å². The predicted octanol–water partition coefficient (Wildman–Crippen LogP) is 4.91. The number of rotatable bonds is 9. The van der Waals surface area contributed by atoms with Crippen molar-refractivity contribution in [1.29, 1.82) is 0 Å². The minimum Gasteiger partial charge on any atom is -0.478 e. The Bertz CT molecular complexity index is 937. The maximum absolute atomic E-state index is 12.8. The van der Waals surface area contributed by atoms with Crippen molar-refractivity contribution in [2.75, 3.05) is 6.61 Å². The highest BCUT2D eigenvalue weighted by Crippen LogP contribution is 2.24. The summed E-state index contributed by atoms with van der Waals surface area (Å²) in [5.74, 6) is -2.21. The summed E-state index contributed by atoms with van der Waals surface area (Å²) in [7, 11) is -1.40. The highest BCUT2D eigenvalue weighted by Gasteiger charge is 2.26. The molecule has 2 rings (SSSR count). The van der Waals surface area contributed by atoms with E-state index in [1.807, 2.05) is 0 Å². The smallest absolute Gasteiger partial charge is 0.335 e. The molecule has 166 valence electrons. The molecule has 0 aromatic heterocycles. The van der Waals surface area contributed by atoms with Crippen molar-refractivity contribution < 1.29 is 24.2 Å². The van der Waals surface area contributed by atoms with Crippen molar-refractivity contribution in [3.63, 3.8) is 0 Å². The molecule has 31 heavy (non-hydrogen) atoms. The number of hydrogen-bond acceptors (Lipinski definition) is 4. The lowest BCUT2D eigenvalue weighted by Gasteiger charge is -2.20. The van der Waals surface area contributed by atoms with Crippen LogP contribution in [0.15, 0.2) is 42.5 Å². The predicted molar refractivity (Wildman–Crippen MR) is 124 cm³/mol. The Hall–Kier alpha value is -2.35. The monoisotopic (exact) mass is 481 g/mol. The number of hydrogen-bond donors (Lipinski definition) is 2. The van der Waals surface area contributed by atoms with Gasteiger partial charge in [-0.25, -0.2) is 9.59 Å². The standard InChI is InChI=1S/C22H25Cl2NO5Si/c1-31(2,3)12-11-30-22(29)18(13-14-7-9-15(10-8-14)21(27)28)25-20(26)19-16(23)5-4-6-17(19)24/h4-10,18H,11-13H2,1-3H3,(H,25,26)(H,27,28)/t18-/m0/s1. The molecule has 0 bridgehead atoms. The van der Waals surface area contributed by atoms with Gasteiger partial charge in [0.1, 0.15) is 6.04 Å². The summed E-state index contributed by atoms with van der Waals surface area (Å²) < 4.78 is 5.43. The summed E-state index contributed by atoms with van der Waals surface area (Å²) in [6, 6.07) is 10.6. The van der Waals surface area contributed by atoms with Gasteiger partial charge in [-0.2, -0.15) is 0 Å². The van der Waals surface area contributed by atoms with E-state index in [9.17, 15) is 14.4 Å². The van der Waals surface area contributed by atoms with Gasteiger partial charge in [0.15, 0.2) is 0 Å². The van der Waals surface area contributed by atoms with Crippen molar-refractivity contribution in [3.8, 4) is 0 Å². The first-order valence-electron chi connectivity index (χ1n) is 9.71. The van der Waals surface area contributed by atoms with Crippen LogP contribution in [0.2, 0.25) is 35.7 Å². The first-order chi connectivity index (χ1) is 14.5. The fourth-order valence-electron chi connectivity index (χ4n) is 2.72. The van der Waals surface area contributed by atoms with Crippen LogP contribution in [0.5, 0.6) is 0 Å². The maximum atomic E-state index is 12.8. The van der Waals surface area contributed by atoms with Crippen LogP contribution in [-0.2, 0) is 16.0 Å². The Morgan fingerprint density at radius 1 is 1.03 bits per heavy atom. The summed E-state index contributed by atoms with van der Waals surface area (Å²) in [6.45, 7) is 6.78. The minimum atomic E-state index is -1.40. The fraction of sp³-hybridized carbons (Fsp3) is 0.318. The second kappa shape index (κ2) is 10.8. The third kappa shape index (κ3) is 7.68. The Morgan fingerprint density at radius 3 is 2.13 bits per heavy atom. The van der Waals surface area contributed by atoms with Crippen molar-refractivity contribution >= 4 is 49.1 Å². The van der Waals surface area contributed by atoms with Crippen molar-refractivity contribution in [2.45, 2.75) is 38.1 Å². The first kappa shape index (κ1) is 24.9. The topological polar surface area (TPSA) is 92.7 Å². The zero-order valence-corrected chi connectivity index (χ0v) is 20.1. The Morgan fingerprint density at radius 2 is 1.61 bits per heavy atom. The van der Waals surface area contributed by atoms with Crippen LogP contribution in [-0.4, -0.2) is 43.7 Å². The van der Waals surface area contributed by atoms with Gasteiger partial charge in [-0.15, -0.1) is 0 Å². The Kier molecular flexibility index (Phi) is 8.67. The maximum Gasteiger partial charge on any atom is 0.335 e. The number of carbonyl (C=O) groups excluding carboxylic acids is 2. The number of halogens is 2. The molecule has 2 aromatic rings. The molecule has 0 aliphatic carbocycles. The second-order valence-electron chi connectivity index (χ2n) is 8.31. The second-order valence-corrected chi connectivity index (χ2v) is 14.7. The van der Waals surface area contributed by atoms with Gasteiger partial charge in [-0.05, 0) is 35.9 Å². The van der Waals surface area contributed by atoms with E-state index in [2.05, 4.69) is 25.0 Å². The van der Waals surface area contributed by atoms with Gasteiger partial charge in [-0.3, -0.25) is 4.79 Å². The zero-order chi connectivity index (χ0) is 23.2. The zero-order valence-electron chi connectivity index (χ0n) is 17.6. The molecular weight excluding hydrogens is 457 g/mol. The number of benzene rings is 2. The van der Waals surface area contributed by atoms with Gasteiger partial charge in [0, 0.05) is 14.5 Å². The van der Waals surface area contributed by atoms with E-state index < -0.39 is 32.0 Å². The molecule has 0 heterocycles. The number of amides is 1. The molecule has 0 radical (unpaired) electrons. The lowest BCUT2D eigenvalue weighted by atomic mass is 10.0. The van der Waals surface area contributed by atoms with Crippen LogP contribution < -0.4 is 5.32 Å². The summed E-state index contributed by atoms with van der Waals surface area (Å²) >= 11 is 12.2. The molecule has 0 unspecified atom stereocenters. The highest BCUT2D eigenvalue weighted by atomic mass is 35.5. The third-order valence-electron chi connectivity index (χ3n) is 4.52. The molecule has 1 atom stereocenters. The first-order valence-corrected chi connectivity index (χ1v) is 14.2. The summed E-state index contributed by atoms with van der Waals surface area (Å²) in [6.07, 6.45) is 0.124. The van der Waals surface area contributed by atoms with E-state index in [0.717, 1.165) is 6.04 Å². The van der Waals surface area contributed by atoms with E-state index in [4.69, 9.17) is 33.0 Å². The van der Waals surface area contributed by atoms with Gasteiger partial charge in [0.25, 0.3) is 5.91 Å². The van der Waals surface area contributed by atoms with Gasteiger partial charge in [-0.1, -0.05) is 61.0 Å². The third-order valence-corrected chi connectivity index (χ3v) is 6.85. The molecule has 0 aliphatic heterocycles. The number of carboxylic acids is 1. The minimum absolute atomic E-state index is 0.0759. The lowest BCUT2D eigenvalue weighted by Crippen LogP contribution is -2.44. The lowest BCUT2D eigenvalue weighted by molar-refractivity contribution is -0.145. The van der Waals surface area contributed by atoms with Gasteiger partial charge >= 0.3 is 11.9 Å². The molecular formula is C22H25Cl2NO5Si. The van der Waals surface area contributed by atoms with Crippen LogP contribution in [0.4, 0.5) is 0 Å².